The smallest absolute Gasteiger partial charge is 0.233 e. The molecular weight excluding hydrogens is 194 g/mol. The highest BCUT2D eigenvalue weighted by molar-refractivity contribution is 6.05. The lowest BCUT2D eigenvalue weighted by atomic mass is 9.84. The molecule has 86 valence electrons. The number of carbonyl (C=O) groups is 2. The predicted octanol–water partition coefficient (Wildman–Crippen LogP) is 0.895. The van der Waals surface area contributed by atoms with Crippen LogP contribution in [0.1, 0.15) is 33.6 Å². The molecule has 0 bridgehead atoms. The van der Waals surface area contributed by atoms with Gasteiger partial charge in [0.2, 0.25) is 5.91 Å². The van der Waals surface area contributed by atoms with Crippen molar-refractivity contribution in [2.24, 2.45) is 5.92 Å². The van der Waals surface area contributed by atoms with Crippen LogP contribution >= 0.6 is 0 Å². The van der Waals surface area contributed by atoms with Crippen LogP contribution in [0, 0.1) is 5.92 Å². The van der Waals surface area contributed by atoms with E-state index in [9.17, 15) is 9.59 Å². The third-order valence-electron chi connectivity index (χ3n) is 2.77. The van der Waals surface area contributed by atoms with Gasteiger partial charge in [0.05, 0.1) is 12.1 Å². The minimum Gasteiger partial charge on any atom is -0.376 e. The van der Waals surface area contributed by atoms with Crippen LogP contribution in [0.2, 0.25) is 0 Å². The zero-order chi connectivity index (χ0) is 11.4. The van der Waals surface area contributed by atoms with Crippen LogP contribution < -0.4 is 5.32 Å². The monoisotopic (exact) mass is 213 g/mol. The molecule has 15 heavy (non-hydrogen) atoms. The number of Topliss-reactive ketones (excluding diaryl/α,β-unsaturated/α-hetero) is 1. The first kappa shape index (κ1) is 12.2. The first-order valence-corrected chi connectivity index (χ1v) is 5.50. The molecule has 4 heteroatoms. The number of nitrogens with one attached hydrogen (secondary N) is 1. The molecule has 1 aliphatic rings. The van der Waals surface area contributed by atoms with Crippen LogP contribution in [0.15, 0.2) is 0 Å². The molecular formula is C11H19NO3. The van der Waals surface area contributed by atoms with Crippen molar-refractivity contribution >= 4 is 11.7 Å². The van der Waals surface area contributed by atoms with Crippen molar-refractivity contribution in [3.63, 3.8) is 0 Å². The fraction of sp³-hybridized carbons (Fsp3) is 0.818. The molecule has 0 aromatic rings. The van der Waals surface area contributed by atoms with Crippen LogP contribution in [0.25, 0.3) is 0 Å². The van der Waals surface area contributed by atoms with Crippen molar-refractivity contribution in [3.05, 3.63) is 0 Å². The maximum Gasteiger partial charge on any atom is 0.233 e. The molecule has 0 saturated carbocycles. The fourth-order valence-corrected chi connectivity index (χ4v) is 1.75. The van der Waals surface area contributed by atoms with Crippen molar-refractivity contribution in [3.8, 4) is 0 Å². The summed E-state index contributed by atoms with van der Waals surface area (Å²) in [5.41, 5.74) is 0. The van der Waals surface area contributed by atoms with Crippen LogP contribution in [-0.4, -0.2) is 30.4 Å². The first-order chi connectivity index (χ1) is 7.07. The maximum absolute atomic E-state index is 11.2. The van der Waals surface area contributed by atoms with Gasteiger partial charge in [0.15, 0.2) is 0 Å². The van der Waals surface area contributed by atoms with E-state index in [1.54, 1.807) is 0 Å². The minimum atomic E-state index is -0.498. The Bertz CT molecular complexity index is 244. The molecule has 1 aliphatic heterocycles. The molecule has 0 unspecified atom stereocenters. The summed E-state index contributed by atoms with van der Waals surface area (Å²) in [6, 6.07) is -0.133. The first-order valence-electron chi connectivity index (χ1n) is 5.50. The van der Waals surface area contributed by atoms with E-state index in [2.05, 4.69) is 12.2 Å². The average molecular weight is 213 g/mol. The van der Waals surface area contributed by atoms with E-state index >= 15 is 0 Å². The molecule has 4 nitrogen and oxygen atoms in total. The zero-order valence-electron chi connectivity index (χ0n) is 9.58. The highest BCUT2D eigenvalue weighted by Gasteiger charge is 2.45. The van der Waals surface area contributed by atoms with Gasteiger partial charge in [0.25, 0.3) is 0 Å². The lowest BCUT2D eigenvalue weighted by molar-refractivity contribution is -0.147. The number of ketones is 1. The molecule has 0 aromatic heterocycles. The third kappa shape index (κ3) is 2.78. The molecule has 1 rings (SSSR count). The molecule has 0 aliphatic carbocycles. The summed E-state index contributed by atoms with van der Waals surface area (Å²) < 4.78 is 5.55. The Morgan fingerprint density at radius 2 is 2.27 bits per heavy atom. The fourth-order valence-electron chi connectivity index (χ4n) is 1.75. The Hall–Kier alpha value is -0.900. The van der Waals surface area contributed by atoms with E-state index in [1.807, 2.05) is 6.92 Å². The quantitative estimate of drug-likeness (QED) is 0.405. The number of hydrogen-bond donors (Lipinski definition) is 1. The number of amides is 1. The Kier molecular flexibility index (Phi) is 4.27. The maximum atomic E-state index is 11.2. The molecule has 1 amide bonds. The van der Waals surface area contributed by atoms with Gasteiger partial charge in [-0.25, -0.2) is 0 Å². The van der Waals surface area contributed by atoms with Crippen LogP contribution in [0.4, 0.5) is 0 Å². The van der Waals surface area contributed by atoms with Gasteiger partial charge in [0, 0.05) is 6.61 Å². The van der Waals surface area contributed by atoms with Gasteiger partial charge in [-0.05, 0) is 20.3 Å². The van der Waals surface area contributed by atoms with Crippen molar-refractivity contribution in [2.75, 3.05) is 6.61 Å². The normalized spacial score (nSPS) is 26.7. The van der Waals surface area contributed by atoms with Crippen LogP contribution in [0.5, 0.6) is 0 Å². The van der Waals surface area contributed by atoms with Crippen LogP contribution in [0.3, 0.4) is 0 Å². The Labute approximate surface area is 90.4 Å². The number of hydrogen-bond acceptors (Lipinski definition) is 3. The van der Waals surface area contributed by atoms with E-state index < -0.39 is 5.92 Å². The largest absolute Gasteiger partial charge is 0.376 e. The van der Waals surface area contributed by atoms with Gasteiger partial charge < -0.3 is 10.1 Å². The van der Waals surface area contributed by atoms with Gasteiger partial charge >= 0.3 is 0 Å². The van der Waals surface area contributed by atoms with E-state index in [1.165, 1.54) is 6.92 Å². The minimum absolute atomic E-state index is 0.0744. The van der Waals surface area contributed by atoms with Crippen molar-refractivity contribution in [2.45, 2.75) is 45.8 Å². The van der Waals surface area contributed by atoms with Gasteiger partial charge in [0.1, 0.15) is 11.7 Å². The zero-order valence-corrected chi connectivity index (χ0v) is 9.58. The van der Waals surface area contributed by atoms with Crippen molar-refractivity contribution in [1.29, 1.82) is 0 Å². The summed E-state index contributed by atoms with van der Waals surface area (Å²) in [6.45, 7) is 6.14. The van der Waals surface area contributed by atoms with E-state index in [-0.39, 0.29) is 23.8 Å². The van der Waals surface area contributed by atoms with E-state index in [0.717, 1.165) is 12.8 Å². The second-order valence-electron chi connectivity index (χ2n) is 4.05. The SMILES string of the molecule is CCCCO[C@@H](C)[C@@H]1NC(=O)[C@@H]1C(C)=O. The number of β-lactam (4-membered cyclic amide) rings is 1. The van der Waals surface area contributed by atoms with Gasteiger partial charge in [-0.3, -0.25) is 9.59 Å². The predicted molar refractivity (Wildman–Crippen MR) is 56.4 cm³/mol. The summed E-state index contributed by atoms with van der Waals surface area (Å²) in [7, 11) is 0. The van der Waals surface area contributed by atoms with E-state index in [4.69, 9.17) is 4.74 Å². The average Bonchev–Trinajstić information content (AvgIpc) is 2.13. The second-order valence-corrected chi connectivity index (χ2v) is 4.05. The highest BCUT2D eigenvalue weighted by Crippen LogP contribution is 2.21. The number of carbonyl (C=O) groups excluding carboxylic acids is 2. The molecule has 1 fully saturated rings. The molecule has 0 radical (unpaired) electrons. The molecule has 3 atom stereocenters. The Balaban J connectivity index is 2.37. The summed E-state index contributed by atoms with van der Waals surface area (Å²) in [6.07, 6.45) is 2.01. The number of rotatable bonds is 6. The summed E-state index contributed by atoms with van der Waals surface area (Å²) in [5.74, 6) is -0.741. The molecule has 1 N–H and O–H groups in total. The number of unbranched alkanes of at least 4 members (excludes halogenated alkanes) is 1. The Morgan fingerprint density at radius 3 is 2.73 bits per heavy atom. The van der Waals surface area contributed by atoms with Gasteiger partial charge in [-0.2, -0.15) is 0 Å². The topological polar surface area (TPSA) is 55.4 Å². The summed E-state index contributed by atoms with van der Waals surface area (Å²) >= 11 is 0. The summed E-state index contributed by atoms with van der Waals surface area (Å²) in [5, 5.41) is 2.72. The molecule has 1 heterocycles. The lowest BCUT2D eigenvalue weighted by Gasteiger charge is -2.38. The molecule has 0 spiro atoms. The van der Waals surface area contributed by atoms with Crippen molar-refractivity contribution in [1.82, 2.24) is 5.32 Å². The lowest BCUT2D eigenvalue weighted by Crippen LogP contribution is -2.65. The molecule has 0 aromatic carbocycles. The Morgan fingerprint density at radius 1 is 1.60 bits per heavy atom. The van der Waals surface area contributed by atoms with Gasteiger partial charge in [-0.1, -0.05) is 13.3 Å². The van der Waals surface area contributed by atoms with E-state index in [0.29, 0.717) is 6.61 Å². The number of ether oxygens (including phenoxy) is 1. The summed E-state index contributed by atoms with van der Waals surface area (Å²) in [4.78, 5) is 22.3. The third-order valence-corrected chi connectivity index (χ3v) is 2.77. The standard InChI is InChI=1S/C11H19NO3/c1-4-5-6-15-8(3)10-9(7(2)13)11(14)12-10/h8-10H,4-6H2,1-3H3,(H,12,14)/t8-,9+,10-/m0/s1. The molecule has 1 saturated heterocycles. The second kappa shape index (κ2) is 5.26. The van der Waals surface area contributed by atoms with Crippen molar-refractivity contribution < 1.29 is 14.3 Å². The van der Waals surface area contributed by atoms with Gasteiger partial charge in [-0.15, -0.1) is 0 Å². The highest BCUT2D eigenvalue weighted by atomic mass is 16.5. The van der Waals surface area contributed by atoms with Crippen LogP contribution in [-0.2, 0) is 14.3 Å².